The predicted octanol–water partition coefficient (Wildman–Crippen LogP) is 8.66. The molecule has 1 nitrogen and oxygen atoms in total. The summed E-state index contributed by atoms with van der Waals surface area (Å²) in [4.78, 5) is 0. The molecule has 0 aliphatic heterocycles. The number of rotatable bonds is 4. The van der Waals surface area contributed by atoms with E-state index in [4.69, 9.17) is 0 Å². The van der Waals surface area contributed by atoms with Crippen LogP contribution in [-0.2, 0) is 0 Å². The molecular formula is C31H54O. The van der Waals surface area contributed by atoms with Crippen LogP contribution >= 0.6 is 0 Å². The van der Waals surface area contributed by atoms with Crippen molar-refractivity contribution in [2.24, 2.45) is 57.2 Å². The second-order valence-corrected chi connectivity index (χ2v) is 14.8. The fourth-order valence-electron chi connectivity index (χ4n) is 10.1. The Morgan fingerprint density at radius 3 is 2.19 bits per heavy atom. The van der Waals surface area contributed by atoms with E-state index in [0.29, 0.717) is 22.2 Å². The van der Waals surface area contributed by atoms with Crippen molar-refractivity contribution >= 4 is 0 Å². The topological polar surface area (TPSA) is 20.2 Å². The largest absolute Gasteiger partial charge is 0.393 e. The molecule has 1 heteroatoms. The van der Waals surface area contributed by atoms with E-state index in [2.05, 4.69) is 62.0 Å². The number of fused-ring (bicyclic) bond motifs is 5. The number of hydrogen-bond acceptors (Lipinski definition) is 1. The Morgan fingerprint density at radius 1 is 0.906 bits per heavy atom. The van der Waals surface area contributed by atoms with Gasteiger partial charge < -0.3 is 5.11 Å². The van der Waals surface area contributed by atoms with E-state index in [1.54, 1.807) is 0 Å². The van der Waals surface area contributed by atoms with Crippen molar-refractivity contribution in [2.45, 2.75) is 126 Å². The van der Waals surface area contributed by atoms with E-state index in [1.165, 1.54) is 63.4 Å². The van der Waals surface area contributed by atoms with Gasteiger partial charge in [0, 0.05) is 0 Å². The van der Waals surface area contributed by atoms with E-state index in [0.717, 1.165) is 36.0 Å². The van der Waals surface area contributed by atoms with Gasteiger partial charge in [0.2, 0.25) is 0 Å². The molecule has 0 aromatic rings. The first-order chi connectivity index (χ1) is 14.8. The SMILES string of the molecule is C=C(CC[C@@H](C)[C@H]1CC[C@@]2(C)[C@@H]3CC[C@H]4[C@H](C)[C@@H](O)CC[C@]4(C)[C@H]3CC[C@]12C)C(C)(C)C. The Morgan fingerprint density at radius 2 is 1.53 bits per heavy atom. The van der Waals surface area contributed by atoms with Gasteiger partial charge in [0.25, 0.3) is 0 Å². The molecule has 0 unspecified atom stereocenters. The zero-order chi connectivity index (χ0) is 23.7. The van der Waals surface area contributed by atoms with Gasteiger partial charge in [0.15, 0.2) is 0 Å². The summed E-state index contributed by atoms with van der Waals surface area (Å²) in [5.41, 5.74) is 3.13. The van der Waals surface area contributed by atoms with Crippen LogP contribution in [0.3, 0.4) is 0 Å². The van der Waals surface area contributed by atoms with Crippen LogP contribution in [0.5, 0.6) is 0 Å². The predicted molar refractivity (Wildman–Crippen MR) is 137 cm³/mol. The van der Waals surface area contributed by atoms with Crippen LogP contribution < -0.4 is 0 Å². The lowest BCUT2D eigenvalue weighted by atomic mass is 9.39. The quantitative estimate of drug-likeness (QED) is 0.432. The zero-order valence-corrected chi connectivity index (χ0v) is 22.8. The van der Waals surface area contributed by atoms with Gasteiger partial charge in [0.1, 0.15) is 0 Å². The van der Waals surface area contributed by atoms with Crippen molar-refractivity contribution in [1.29, 1.82) is 0 Å². The molecule has 0 radical (unpaired) electrons. The fourth-order valence-corrected chi connectivity index (χ4v) is 10.1. The maximum absolute atomic E-state index is 10.6. The lowest BCUT2D eigenvalue weighted by Crippen LogP contribution is -2.59. The van der Waals surface area contributed by atoms with Crippen LogP contribution in [0.4, 0.5) is 0 Å². The molecular weight excluding hydrogens is 388 g/mol. The molecule has 0 spiro atoms. The summed E-state index contributed by atoms with van der Waals surface area (Å²) >= 11 is 0. The van der Waals surface area contributed by atoms with Crippen LogP contribution in [0.1, 0.15) is 120 Å². The highest BCUT2D eigenvalue weighted by molar-refractivity contribution is 5.15. The highest BCUT2D eigenvalue weighted by atomic mass is 16.3. The van der Waals surface area contributed by atoms with Gasteiger partial charge in [-0.2, -0.15) is 0 Å². The summed E-state index contributed by atoms with van der Waals surface area (Å²) in [5.74, 6) is 4.67. The second kappa shape index (κ2) is 8.13. The molecule has 0 heterocycles. The molecule has 0 aromatic carbocycles. The van der Waals surface area contributed by atoms with Gasteiger partial charge in [-0.3, -0.25) is 0 Å². The summed E-state index contributed by atoms with van der Waals surface area (Å²) in [6.45, 7) is 24.3. The third kappa shape index (κ3) is 3.58. The number of hydrogen-bond donors (Lipinski definition) is 1. The van der Waals surface area contributed by atoms with Crippen LogP contribution in [-0.4, -0.2) is 11.2 Å². The lowest BCUT2D eigenvalue weighted by Gasteiger charge is -2.66. The van der Waals surface area contributed by atoms with Crippen LogP contribution in [0.2, 0.25) is 0 Å². The second-order valence-electron chi connectivity index (χ2n) is 14.8. The maximum atomic E-state index is 10.6. The molecule has 4 rings (SSSR count). The van der Waals surface area contributed by atoms with E-state index >= 15 is 0 Å². The molecule has 4 saturated carbocycles. The third-order valence-electron chi connectivity index (χ3n) is 12.7. The fraction of sp³-hybridized carbons (Fsp3) is 0.935. The van der Waals surface area contributed by atoms with Crippen LogP contribution in [0.25, 0.3) is 0 Å². The Bertz CT molecular complexity index is 716. The van der Waals surface area contributed by atoms with Crippen molar-refractivity contribution in [2.75, 3.05) is 0 Å². The van der Waals surface area contributed by atoms with Gasteiger partial charge in [-0.15, -0.1) is 0 Å². The highest BCUT2D eigenvalue weighted by Gasteiger charge is 2.66. The maximum Gasteiger partial charge on any atom is 0.0568 e. The summed E-state index contributed by atoms with van der Waals surface area (Å²) in [7, 11) is 0. The Labute approximate surface area is 200 Å². The molecule has 4 aliphatic carbocycles. The molecule has 4 fully saturated rings. The summed E-state index contributed by atoms with van der Waals surface area (Å²) in [6.07, 6.45) is 13.2. The Hall–Kier alpha value is -0.300. The Balaban J connectivity index is 1.53. The first kappa shape index (κ1) is 24.8. The minimum absolute atomic E-state index is 0.0615. The van der Waals surface area contributed by atoms with E-state index < -0.39 is 0 Å². The van der Waals surface area contributed by atoms with Crippen LogP contribution in [0, 0.1) is 57.2 Å². The minimum Gasteiger partial charge on any atom is -0.393 e. The first-order valence-electron chi connectivity index (χ1n) is 14.1. The molecule has 0 aromatic heterocycles. The monoisotopic (exact) mass is 442 g/mol. The summed E-state index contributed by atoms with van der Waals surface area (Å²) < 4.78 is 0. The van der Waals surface area contributed by atoms with E-state index in [9.17, 15) is 5.11 Å². The van der Waals surface area contributed by atoms with E-state index in [1.807, 2.05) is 0 Å². The van der Waals surface area contributed by atoms with Crippen molar-refractivity contribution in [3.63, 3.8) is 0 Å². The summed E-state index contributed by atoms with van der Waals surface area (Å²) in [6, 6.07) is 0. The van der Waals surface area contributed by atoms with Crippen molar-refractivity contribution in [3.8, 4) is 0 Å². The first-order valence-corrected chi connectivity index (χ1v) is 14.1. The van der Waals surface area contributed by atoms with E-state index in [-0.39, 0.29) is 11.5 Å². The van der Waals surface area contributed by atoms with Crippen molar-refractivity contribution in [1.82, 2.24) is 0 Å². The zero-order valence-electron chi connectivity index (χ0n) is 22.8. The molecule has 1 N–H and O–H groups in total. The van der Waals surface area contributed by atoms with Gasteiger partial charge in [0.05, 0.1) is 6.10 Å². The number of aliphatic hydroxyl groups is 1. The third-order valence-corrected chi connectivity index (χ3v) is 12.7. The van der Waals surface area contributed by atoms with Gasteiger partial charge in [-0.1, -0.05) is 67.5 Å². The standard InChI is InChI=1S/C31H54O/c1-20(10-11-21(2)28(4,5)6)23-14-18-31(9)26-13-12-24-22(3)27(32)16-17-29(24,7)25(26)15-19-30(23,31)8/h20,22-27,32H,2,10-19H2,1,3-9H3/t20-,22+,23-,24+,25+,26-,27+,29+,30-,31+/m1/s1. The van der Waals surface area contributed by atoms with Gasteiger partial charge in [-0.05, 0) is 121 Å². The summed E-state index contributed by atoms with van der Waals surface area (Å²) in [5, 5.41) is 10.6. The Kier molecular flexibility index (Phi) is 6.31. The molecule has 0 amide bonds. The number of allylic oxidation sites excluding steroid dienone is 1. The molecule has 0 bridgehead atoms. The van der Waals surface area contributed by atoms with Gasteiger partial charge in [-0.25, -0.2) is 0 Å². The van der Waals surface area contributed by atoms with Crippen molar-refractivity contribution in [3.05, 3.63) is 12.2 Å². The molecule has 10 atom stereocenters. The molecule has 0 saturated heterocycles. The van der Waals surface area contributed by atoms with Crippen LogP contribution in [0.15, 0.2) is 12.2 Å². The number of aliphatic hydroxyl groups excluding tert-OH is 1. The molecule has 4 aliphatic rings. The normalized spacial score (nSPS) is 49.7. The van der Waals surface area contributed by atoms with Gasteiger partial charge >= 0.3 is 0 Å². The average Bonchev–Trinajstić information content (AvgIpc) is 3.00. The molecule has 184 valence electrons. The minimum atomic E-state index is -0.0615. The highest BCUT2D eigenvalue weighted by Crippen LogP contribution is 2.73. The lowest BCUT2D eigenvalue weighted by molar-refractivity contribution is -0.179. The van der Waals surface area contributed by atoms with Crippen molar-refractivity contribution < 1.29 is 5.11 Å². The molecule has 32 heavy (non-hydrogen) atoms. The average molecular weight is 443 g/mol. The smallest absolute Gasteiger partial charge is 0.0568 e.